The van der Waals surface area contributed by atoms with Crippen molar-refractivity contribution in [2.24, 2.45) is 5.41 Å². The molecule has 0 bridgehead atoms. The summed E-state index contributed by atoms with van der Waals surface area (Å²) in [5, 5.41) is 6.15. The number of nitrogens with one attached hydrogen (secondary N) is 2. The van der Waals surface area contributed by atoms with Gasteiger partial charge >= 0.3 is 0 Å². The van der Waals surface area contributed by atoms with Crippen LogP contribution in [0.2, 0.25) is 5.02 Å². The minimum atomic E-state index is -1.02. The number of carbonyl (C=O) groups is 2. The Morgan fingerprint density at radius 2 is 1.78 bits per heavy atom. The zero-order valence-corrected chi connectivity index (χ0v) is 15.9. The van der Waals surface area contributed by atoms with Gasteiger partial charge in [-0.25, -0.2) is 0 Å². The van der Waals surface area contributed by atoms with Gasteiger partial charge in [0.2, 0.25) is 11.8 Å². The average Bonchev–Trinajstić information content (AvgIpc) is 3.48. The number of amides is 2. The van der Waals surface area contributed by atoms with Gasteiger partial charge in [-0.1, -0.05) is 23.7 Å². The van der Waals surface area contributed by atoms with Crippen LogP contribution < -0.4 is 20.1 Å². The highest BCUT2D eigenvalue weighted by Crippen LogP contribution is 2.47. The summed E-state index contributed by atoms with van der Waals surface area (Å²) in [5.74, 6) is 0.614. The lowest BCUT2D eigenvalue weighted by atomic mass is 10.0. The molecule has 1 fully saturated rings. The molecular weight excluding hydrogens is 368 g/mol. The van der Waals surface area contributed by atoms with E-state index in [-0.39, 0.29) is 11.8 Å². The maximum absolute atomic E-state index is 12.6. The number of hydrogen-bond donors (Lipinski definition) is 2. The Kier molecular flexibility index (Phi) is 5.56. The molecule has 0 heterocycles. The van der Waals surface area contributed by atoms with E-state index in [2.05, 4.69) is 10.6 Å². The summed E-state index contributed by atoms with van der Waals surface area (Å²) in [4.78, 5) is 25.2. The van der Waals surface area contributed by atoms with E-state index in [4.69, 9.17) is 21.1 Å². The van der Waals surface area contributed by atoms with Crippen LogP contribution in [-0.4, -0.2) is 26.0 Å². The third-order valence-corrected chi connectivity index (χ3v) is 4.84. The lowest BCUT2D eigenvalue weighted by Gasteiger charge is -2.16. The van der Waals surface area contributed by atoms with Gasteiger partial charge in [0.05, 0.1) is 14.2 Å². The van der Waals surface area contributed by atoms with Crippen LogP contribution in [-0.2, 0) is 16.1 Å². The van der Waals surface area contributed by atoms with Crippen molar-refractivity contribution < 1.29 is 19.1 Å². The molecule has 7 heteroatoms. The molecule has 2 amide bonds. The molecule has 2 N–H and O–H groups in total. The molecule has 1 saturated carbocycles. The number of benzene rings is 2. The summed E-state index contributed by atoms with van der Waals surface area (Å²) in [7, 11) is 3.12. The highest BCUT2D eigenvalue weighted by molar-refractivity contribution is 6.31. The molecule has 2 aromatic rings. The van der Waals surface area contributed by atoms with Crippen molar-refractivity contribution in [1.29, 1.82) is 0 Å². The number of rotatable bonds is 7. The van der Waals surface area contributed by atoms with E-state index in [1.54, 1.807) is 50.6 Å². The van der Waals surface area contributed by atoms with E-state index in [9.17, 15) is 9.59 Å². The number of hydrogen-bond acceptors (Lipinski definition) is 4. The van der Waals surface area contributed by atoms with Crippen molar-refractivity contribution >= 4 is 29.1 Å². The number of methoxy groups -OCH3 is 2. The molecule has 27 heavy (non-hydrogen) atoms. The van der Waals surface area contributed by atoms with E-state index in [0.717, 1.165) is 5.56 Å². The third kappa shape index (κ3) is 4.17. The van der Waals surface area contributed by atoms with Gasteiger partial charge in [-0.3, -0.25) is 9.59 Å². The molecule has 0 aromatic heterocycles. The molecule has 0 spiro atoms. The second-order valence-electron chi connectivity index (χ2n) is 6.42. The fraction of sp³-hybridized carbons (Fsp3) is 0.300. The number of halogens is 1. The molecule has 0 radical (unpaired) electrons. The van der Waals surface area contributed by atoms with Gasteiger partial charge in [-0.05, 0) is 48.7 Å². The lowest BCUT2D eigenvalue weighted by Crippen LogP contribution is -2.39. The number of ether oxygens (including phenoxy) is 2. The van der Waals surface area contributed by atoms with E-state index in [1.165, 1.54) is 0 Å². The van der Waals surface area contributed by atoms with Crippen LogP contribution in [0.3, 0.4) is 0 Å². The maximum atomic E-state index is 12.6. The Bertz CT molecular complexity index is 865. The molecule has 0 unspecified atom stereocenters. The van der Waals surface area contributed by atoms with Crippen LogP contribution in [0.25, 0.3) is 0 Å². The third-order valence-electron chi connectivity index (χ3n) is 4.60. The molecule has 142 valence electrons. The standard InChI is InChI=1S/C20H21ClN2O4/c1-26-16-7-6-13(10-17(16)27-2)12-22-18(24)20(8-9-20)19(25)23-15-5-3-4-14(21)11-15/h3-7,10-11H,8-9,12H2,1-2H3,(H,22,24)(H,23,25). The van der Waals surface area contributed by atoms with Crippen LogP contribution in [0.1, 0.15) is 18.4 Å². The minimum absolute atomic E-state index is 0.281. The molecule has 0 atom stereocenters. The second kappa shape index (κ2) is 7.88. The zero-order chi connectivity index (χ0) is 19.4. The van der Waals surface area contributed by atoms with Crippen LogP contribution >= 0.6 is 11.6 Å². The summed E-state index contributed by atoms with van der Waals surface area (Å²) in [5.41, 5.74) is 0.414. The van der Waals surface area contributed by atoms with Gasteiger partial charge in [0.1, 0.15) is 5.41 Å². The van der Waals surface area contributed by atoms with Gasteiger partial charge in [-0.15, -0.1) is 0 Å². The van der Waals surface area contributed by atoms with Crippen LogP contribution in [0.15, 0.2) is 42.5 Å². The molecule has 0 aliphatic heterocycles. The molecule has 0 saturated heterocycles. The highest BCUT2D eigenvalue weighted by Gasteiger charge is 2.56. The minimum Gasteiger partial charge on any atom is -0.493 e. The van der Waals surface area contributed by atoms with Gasteiger partial charge < -0.3 is 20.1 Å². The molecule has 2 aromatic carbocycles. The first-order chi connectivity index (χ1) is 13.0. The number of anilines is 1. The predicted octanol–water partition coefficient (Wildman–Crippen LogP) is 3.39. The average molecular weight is 389 g/mol. The normalized spacial score (nSPS) is 14.2. The van der Waals surface area contributed by atoms with Crippen LogP contribution in [0.5, 0.6) is 11.5 Å². The Balaban J connectivity index is 1.62. The Morgan fingerprint density at radius 3 is 2.41 bits per heavy atom. The summed E-state index contributed by atoms with van der Waals surface area (Å²) >= 11 is 5.93. The molecular formula is C20H21ClN2O4. The summed E-state index contributed by atoms with van der Waals surface area (Å²) in [6.45, 7) is 0.297. The molecule has 1 aliphatic rings. The predicted molar refractivity (Wildman–Crippen MR) is 103 cm³/mol. The SMILES string of the molecule is COc1ccc(CNC(=O)C2(C(=O)Nc3cccc(Cl)c3)CC2)cc1OC. The molecule has 1 aliphatic carbocycles. The zero-order valence-electron chi connectivity index (χ0n) is 15.2. The van der Waals surface area contributed by atoms with E-state index in [1.807, 2.05) is 6.07 Å². The topological polar surface area (TPSA) is 76.7 Å². The van der Waals surface area contributed by atoms with Crippen molar-refractivity contribution in [1.82, 2.24) is 5.32 Å². The van der Waals surface area contributed by atoms with Crippen molar-refractivity contribution in [2.45, 2.75) is 19.4 Å². The second-order valence-corrected chi connectivity index (χ2v) is 6.86. The Hall–Kier alpha value is -2.73. The Morgan fingerprint density at radius 1 is 1.04 bits per heavy atom. The summed E-state index contributed by atoms with van der Waals surface area (Å²) in [6.07, 6.45) is 1.05. The fourth-order valence-corrected chi connectivity index (χ4v) is 3.03. The van der Waals surface area contributed by atoms with Gasteiger partial charge in [0.25, 0.3) is 0 Å². The van der Waals surface area contributed by atoms with E-state index < -0.39 is 5.41 Å². The van der Waals surface area contributed by atoms with Crippen LogP contribution in [0.4, 0.5) is 5.69 Å². The van der Waals surface area contributed by atoms with Gasteiger partial charge in [0.15, 0.2) is 11.5 Å². The quantitative estimate of drug-likeness (QED) is 0.713. The van der Waals surface area contributed by atoms with Crippen molar-refractivity contribution in [3.63, 3.8) is 0 Å². The van der Waals surface area contributed by atoms with Gasteiger partial charge in [-0.2, -0.15) is 0 Å². The molecule has 3 rings (SSSR count). The lowest BCUT2D eigenvalue weighted by molar-refractivity contribution is -0.134. The maximum Gasteiger partial charge on any atom is 0.240 e. The monoisotopic (exact) mass is 388 g/mol. The summed E-state index contributed by atoms with van der Waals surface area (Å²) < 4.78 is 10.5. The first kappa shape index (κ1) is 19.0. The van der Waals surface area contributed by atoms with E-state index in [0.29, 0.717) is 41.6 Å². The largest absolute Gasteiger partial charge is 0.493 e. The fourth-order valence-electron chi connectivity index (χ4n) is 2.84. The van der Waals surface area contributed by atoms with Crippen molar-refractivity contribution in [3.8, 4) is 11.5 Å². The molecule has 6 nitrogen and oxygen atoms in total. The van der Waals surface area contributed by atoms with Crippen molar-refractivity contribution in [3.05, 3.63) is 53.1 Å². The smallest absolute Gasteiger partial charge is 0.240 e. The van der Waals surface area contributed by atoms with Gasteiger partial charge in [0, 0.05) is 17.3 Å². The summed E-state index contributed by atoms with van der Waals surface area (Å²) in [6, 6.07) is 12.3. The van der Waals surface area contributed by atoms with E-state index >= 15 is 0 Å². The number of carbonyl (C=O) groups excluding carboxylic acids is 2. The first-order valence-electron chi connectivity index (χ1n) is 8.55. The Labute approximate surface area is 162 Å². The first-order valence-corrected chi connectivity index (χ1v) is 8.92. The van der Waals surface area contributed by atoms with Crippen molar-refractivity contribution in [2.75, 3.05) is 19.5 Å². The van der Waals surface area contributed by atoms with Crippen LogP contribution in [0, 0.1) is 5.41 Å². The highest BCUT2D eigenvalue weighted by atomic mass is 35.5.